The number of hydrogen-bond acceptors (Lipinski definition) is 3. The highest BCUT2D eigenvalue weighted by atomic mass is 16.4. The van der Waals surface area contributed by atoms with Crippen molar-refractivity contribution in [3.63, 3.8) is 0 Å². The maximum Gasteiger partial charge on any atom is 0.371 e. The van der Waals surface area contributed by atoms with Crippen LogP contribution in [0, 0.1) is 5.41 Å². The van der Waals surface area contributed by atoms with E-state index in [-0.39, 0.29) is 11.8 Å². The molecule has 0 radical (unpaired) electrons. The molecule has 0 saturated carbocycles. The zero-order valence-corrected chi connectivity index (χ0v) is 12.7. The van der Waals surface area contributed by atoms with E-state index >= 15 is 0 Å². The summed E-state index contributed by atoms with van der Waals surface area (Å²) in [5.74, 6) is -0.221. The smallest absolute Gasteiger partial charge is 0.371 e. The molecule has 20 heavy (non-hydrogen) atoms. The van der Waals surface area contributed by atoms with Gasteiger partial charge in [0.25, 0.3) is 0 Å². The number of carboxylic acid groups (broad SMARTS) is 1. The molecule has 1 aliphatic rings. The molecule has 0 aliphatic carbocycles. The molecule has 4 nitrogen and oxygen atoms in total. The second kappa shape index (κ2) is 6.00. The Morgan fingerprint density at radius 2 is 1.95 bits per heavy atom. The molecule has 0 amide bonds. The lowest BCUT2D eigenvalue weighted by atomic mass is 9.74. The van der Waals surface area contributed by atoms with Gasteiger partial charge in [-0.1, -0.05) is 26.7 Å². The van der Waals surface area contributed by atoms with Crippen LogP contribution in [0.2, 0.25) is 0 Å². The van der Waals surface area contributed by atoms with Gasteiger partial charge < -0.3 is 9.52 Å². The fraction of sp³-hybridized carbons (Fsp3) is 0.688. The van der Waals surface area contributed by atoms with E-state index in [9.17, 15) is 4.79 Å². The molecule has 1 saturated heterocycles. The van der Waals surface area contributed by atoms with Crippen LogP contribution in [0.4, 0.5) is 0 Å². The Balaban J connectivity index is 2.00. The molecule has 1 aromatic heterocycles. The van der Waals surface area contributed by atoms with Crippen molar-refractivity contribution < 1.29 is 14.3 Å². The van der Waals surface area contributed by atoms with E-state index in [1.165, 1.54) is 25.7 Å². The SMILES string of the molecule is CCC1(CC)CCN(C(C)c2ccc(C(=O)O)o2)CC1. The molecule has 0 bridgehead atoms. The number of hydrogen-bond donors (Lipinski definition) is 1. The molecule has 1 aliphatic heterocycles. The fourth-order valence-corrected chi connectivity index (χ4v) is 3.22. The number of nitrogens with zero attached hydrogens (tertiary/aromatic N) is 1. The highest BCUT2D eigenvalue weighted by molar-refractivity contribution is 5.84. The van der Waals surface area contributed by atoms with Crippen LogP contribution in [-0.2, 0) is 0 Å². The van der Waals surface area contributed by atoms with Gasteiger partial charge in [0.05, 0.1) is 6.04 Å². The van der Waals surface area contributed by atoms with Gasteiger partial charge in [0, 0.05) is 0 Å². The lowest BCUT2D eigenvalue weighted by Crippen LogP contribution is -2.40. The standard InChI is InChI=1S/C16H25NO3/c1-4-16(5-2)8-10-17(11-9-16)12(3)13-6-7-14(20-13)15(18)19/h6-7,12H,4-5,8-11H2,1-3H3,(H,18,19). The lowest BCUT2D eigenvalue weighted by molar-refractivity contribution is 0.0596. The maximum absolute atomic E-state index is 10.9. The van der Waals surface area contributed by atoms with Crippen molar-refractivity contribution in [1.29, 1.82) is 0 Å². The average Bonchev–Trinajstić information content (AvgIpc) is 2.96. The molecule has 0 spiro atoms. The molecule has 4 heteroatoms. The number of furan rings is 1. The van der Waals surface area contributed by atoms with Gasteiger partial charge in [-0.2, -0.15) is 0 Å². The molecule has 1 fully saturated rings. The molecule has 2 rings (SSSR count). The number of piperidine rings is 1. The highest BCUT2D eigenvalue weighted by Crippen LogP contribution is 2.40. The summed E-state index contributed by atoms with van der Waals surface area (Å²) in [6.45, 7) is 8.79. The van der Waals surface area contributed by atoms with E-state index in [0.717, 1.165) is 18.8 Å². The van der Waals surface area contributed by atoms with Crippen molar-refractivity contribution in [3.05, 3.63) is 23.7 Å². The molecule has 1 atom stereocenters. The van der Waals surface area contributed by atoms with Crippen LogP contribution >= 0.6 is 0 Å². The van der Waals surface area contributed by atoms with Crippen molar-refractivity contribution in [1.82, 2.24) is 4.90 Å². The minimum Gasteiger partial charge on any atom is -0.475 e. The van der Waals surface area contributed by atoms with Gasteiger partial charge in [-0.05, 0) is 50.4 Å². The first kappa shape index (κ1) is 15.1. The Morgan fingerprint density at radius 3 is 2.40 bits per heavy atom. The summed E-state index contributed by atoms with van der Waals surface area (Å²) in [4.78, 5) is 13.3. The molecule has 2 heterocycles. The summed E-state index contributed by atoms with van der Waals surface area (Å²) in [6, 6.07) is 3.48. The Bertz CT molecular complexity index is 452. The van der Waals surface area contributed by atoms with Crippen molar-refractivity contribution >= 4 is 5.97 Å². The Kier molecular flexibility index (Phi) is 4.53. The fourth-order valence-electron chi connectivity index (χ4n) is 3.22. The predicted octanol–water partition coefficient (Wildman–Crippen LogP) is 3.94. The van der Waals surface area contributed by atoms with Gasteiger partial charge in [-0.25, -0.2) is 4.79 Å². The third kappa shape index (κ3) is 2.90. The zero-order chi connectivity index (χ0) is 14.8. The van der Waals surface area contributed by atoms with Crippen LogP contribution in [-0.4, -0.2) is 29.1 Å². The molecular formula is C16H25NO3. The quantitative estimate of drug-likeness (QED) is 0.887. The Morgan fingerprint density at radius 1 is 1.35 bits per heavy atom. The summed E-state index contributed by atoms with van der Waals surface area (Å²) in [6.07, 6.45) is 4.93. The summed E-state index contributed by atoms with van der Waals surface area (Å²) >= 11 is 0. The number of rotatable bonds is 5. The second-order valence-corrected chi connectivity index (χ2v) is 5.93. The first-order chi connectivity index (χ1) is 9.51. The van der Waals surface area contributed by atoms with Gasteiger partial charge >= 0.3 is 5.97 Å². The summed E-state index contributed by atoms with van der Waals surface area (Å²) < 4.78 is 5.42. The van der Waals surface area contributed by atoms with Crippen LogP contribution in [0.15, 0.2) is 16.5 Å². The highest BCUT2D eigenvalue weighted by Gasteiger charge is 2.33. The van der Waals surface area contributed by atoms with E-state index in [0.29, 0.717) is 5.41 Å². The van der Waals surface area contributed by atoms with Crippen molar-refractivity contribution in [2.24, 2.45) is 5.41 Å². The first-order valence-electron chi connectivity index (χ1n) is 7.58. The zero-order valence-electron chi connectivity index (χ0n) is 12.7. The third-order valence-corrected chi connectivity index (χ3v) is 5.16. The Hall–Kier alpha value is -1.29. The second-order valence-electron chi connectivity index (χ2n) is 5.93. The molecular weight excluding hydrogens is 254 g/mol. The largest absolute Gasteiger partial charge is 0.475 e. The summed E-state index contributed by atoms with van der Waals surface area (Å²) in [5.41, 5.74) is 0.506. The Labute approximate surface area is 120 Å². The van der Waals surface area contributed by atoms with E-state index in [4.69, 9.17) is 9.52 Å². The van der Waals surface area contributed by atoms with Crippen LogP contribution in [0.25, 0.3) is 0 Å². The normalized spacial score (nSPS) is 20.8. The molecule has 0 aromatic carbocycles. The summed E-state index contributed by atoms with van der Waals surface area (Å²) in [5, 5.41) is 8.92. The monoisotopic (exact) mass is 279 g/mol. The van der Waals surface area contributed by atoms with Crippen LogP contribution in [0.5, 0.6) is 0 Å². The van der Waals surface area contributed by atoms with Gasteiger partial charge in [0.2, 0.25) is 5.76 Å². The van der Waals surface area contributed by atoms with Crippen molar-refractivity contribution in [2.45, 2.75) is 52.5 Å². The van der Waals surface area contributed by atoms with Gasteiger partial charge in [-0.15, -0.1) is 0 Å². The minimum absolute atomic E-state index is 0.0281. The topological polar surface area (TPSA) is 53.7 Å². The molecule has 112 valence electrons. The van der Waals surface area contributed by atoms with Crippen LogP contribution in [0.3, 0.4) is 0 Å². The first-order valence-corrected chi connectivity index (χ1v) is 7.58. The van der Waals surface area contributed by atoms with Gasteiger partial charge in [0.1, 0.15) is 5.76 Å². The van der Waals surface area contributed by atoms with E-state index in [1.807, 2.05) is 0 Å². The van der Waals surface area contributed by atoms with E-state index in [1.54, 1.807) is 12.1 Å². The van der Waals surface area contributed by atoms with E-state index < -0.39 is 5.97 Å². The van der Waals surface area contributed by atoms with Crippen LogP contribution in [0.1, 0.15) is 68.8 Å². The van der Waals surface area contributed by atoms with Gasteiger partial charge in [0.15, 0.2) is 0 Å². The van der Waals surface area contributed by atoms with Gasteiger partial charge in [-0.3, -0.25) is 4.90 Å². The minimum atomic E-state index is -1.00. The molecule has 1 unspecified atom stereocenters. The number of carbonyl (C=O) groups is 1. The molecule has 1 aromatic rings. The summed E-state index contributed by atoms with van der Waals surface area (Å²) in [7, 11) is 0. The lowest BCUT2D eigenvalue weighted by Gasteiger charge is -2.42. The predicted molar refractivity (Wildman–Crippen MR) is 77.9 cm³/mol. The van der Waals surface area contributed by atoms with Crippen LogP contribution < -0.4 is 0 Å². The average molecular weight is 279 g/mol. The molecule has 1 N–H and O–H groups in total. The van der Waals surface area contributed by atoms with Crippen molar-refractivity contribution in [2.75, 3.05) is 13.1 Å². The number of likely N-dealkylation sites (tertiary alicyclic amines) is 1. The van der Waals surface area contributed by atoms with E-state index in [2.05, 4.69) is 25.7 Å². The maximum atomic E-state index is 10.9. The van der Waals surface area contributed by atoms with Crippen molar-refractivity contribution in [3.8, 4) is 0 Å². The third-order valence-electron chi connectivity index (χ3n) is 5.16. The number of aromatic carboxylic acids is 1. The number of carboxylic acids is 1.